The maximum Gasteiger partial charge on any atom is 0.274 e. The summed E-state index contributed by atoms with van der Waals surface area (Å²) in [6.07, 6.45) is 2.04. The third-order valence-corrected chi connectivity index (χ3v) is 6.90. The van der Waals surface area contributed by atoms with E-state index in [2.05, 4.69) is 5.32 Å². The Hall–Kier alpha value is -3.63. The van der Waals surface area contributed by atoms with E-state index in [-0.39, 0.29) is 35.6 Å². The van der Waals surface area contributed by atoms with E-state index in [1.54, 1.807) is 9.47 Å². The van der Waals surface area contributed by atoms with Gasteiger partial charge in [-0.1, -0.05) is 30.3 Å². The summed E-state index contributed by atoms with van der Waals surface area (Å²) < 4.78 is 49.1. The molecule has 3 aromatic rings. The smallest absolute Gasteiger partial charge is 0.274 e. The summed E-state index contributed by atoms with van der Waals surface area (Å²) in [4.78, 5) is 28.7. The second-order valence-electron chi connectivity index (χ2n) is 9.28. The Morgan fingerprint density at radius 2 is 1.78 bits per heavy atom. The number of aliphatic hydroxyl groups is 1. The van der Waals surface area contributed by atoms with Crippen LogP contribution in [-0.4, -0.2) is 33.6 Å². The van der Waals surface area contributed by atoms with Crippen LogP contribution in [0.2, 0.25) is 0 Å². The number of halogens is 3. The lowest BCUT2D eigenvalue weighted by Gasteiger charge is -2.27. The highest BCUT2D eigenvalue weighted by molar-refractivity contribution is 5.95. The van der Waals surface area contributed by atoms with Gasteiger partial charge in [-0.15, -0.1) is 0 Å². The monoisotopic (exact) mass is 513 g/mol. The van der Waals surface area contributed by atoms with Gasteiger partial charge in [0.25, 0.3) is 5.91 Å². The van der Waals surface area contributed by atoms with Crippen molar-refractivity contribution in [2.45, 2.75) is 44.7 Å². The van der Waals surface area contributed by atoms with Gasteiger partial charge >= 0.3 is 0 Å². The van der Waals surface area contributed by atoms with Gasteiger partial charge in [0.15, 0.2) is 11.4 Å². The number of hydrogen-bond acceptors (Lipinski definition) is 5. The van der Waals surface area contributed by atoms with Crippen molar-refractivity contribution in [1.82, 2.24) is 14.8 Å². The average molecular weight is 514 g/mol. The SMILES string of the molecule is O=C1c2c(OCc3ccccc3)c(=O)c(C(O)NCc3c(F)cc(F)cc3F)cn2C2CCCN1CC2. The first-order valence-electron chi connectivity index (χ1n) is 12.1. The van der Waals surface area contributed by atoms with Crippen molar-refractivity contribution in [3.8, 4) is 5.75 Å². The predicted octanol–water partition coefficient (Wildman–Crippen LogP) is 3.81. The van der Waals surface area contributed by atoms with Crippen LogP contribution in [0.25, 0.3) is 0 Å². The van der Waals surface area contributed by atoms with Crippen LogP contribution in [0.3, 0.4) is 0 Å². The van der Waals surface area contributed by atoms with E-state index in [1.165, 1.54) is 6.20 Å². The average Bonchev–Trinajstić information content (AvgIpc) is 3.19. The number of aliphatic hydroxyl groups excluding tert-OH is 1. The molecule has 2 aliphatic rings. The van der Waals surface area contributed by atoms with Crippen molar-refractivity contribution < 1.29 is 27.8 Å². The minimum atomic E-state index is -1.63. The lowest BCUT2D eigenvalue weighted by Crippen LogP contribution is -2.36. The van der Waals surface area contributed by atoms with Crippen LogP contribution >= 0.6 is 0 Å². The Labute approximate surface area is 211 Å². The minimum Gasteiger partial charge on any atom is -0.483 e. The first-order chi connectivity index (χ1) is 17.8. The van der Waals surface area contributed by atoms with Gasteiger partial charge in [0, 0.05) is 49.6 Å². The van der Waals surface area contributed by atoms with E-state index < -0.39 is 41.2 Å². The lowest BCUT2D eigenvalue weighted by atomic mass is 10.1. The largest absolute Gasteiger partial charge is 0.483 e. The van der Waals surface area contributed by atoms with Crippen molar-refractivity contribution in [2.75, 3.05) is 13.1 Å². The second-order valence-corrected chi connectivity index (χ2v) is 9.28. The number of ether oxygens (including phenoxy) is 1. The highest BCUT2D eigenvalue weighted by atomic mass is 19.1. The van der Waals surface area contributed by atoms with E-state index in [4.69, 9.17) is 4.74 Å². The number of amides is 1. The van der Waals surface area contributed by atoms with Crippen LogP contribution in [0.4, 0.5) is 13.2 Å². The van der Waals surface area contributed by atoms with Gasteiger partial charge in [-0.05, 0) is 24.8 Å². The number of benzene rings is 2. The Balaban J connectivity index is 1.53. The summed E-state index contributed by atoms with van der Waals surface area (Å²) in [6.45, 7) is 0.649. The molecule has 1 fully saturated rings. The number of rotatable bonds is 7. The fourth-order valence-corrected chi connectivity index (χ4v) is 4.94. The maximum absolute atomic E-state index is 14.1. The number of fused-ring (bicyclic) bond motifs is 5. The molecule has 2 unspecified atom stereocenters. The van der Waals surface area contributed by atoms with Gasteiger partial charge in [0.1, 0.15) is 30.3 Å². The van der Waals surface area contributed by atoms with E-state index in [1.807, 2.05) is 30.3 Å². The molecule has 10 heteroatoms. The second kappa shape index (κ2) is 10.4. The molecule has 0 saturated carbocycles. The van der Waals surface area contributed by atoms with Gasteiger partial charge in [0.05, 0.1) is 5.56 Å². The first-order valence-corrected chi connectivity index (χ1v) is 12.1. The van der Waals surface area contributed by atoms with Crippen LogP contribution in [0, 0.1) is 17.5 Å². The molecule has 2 atom stereocenters. The highest BCUT2D eigenvalue weighted by Crippen LogP contribution is 2.33. The number of pyridine rings is 1. The van der Waals surface area contributed by atoms with Crippen LogP contribution in [-0.2, 0) is 13.2 Å². The number of nitrogens with one attached hydrogen (secondary N) is 1. The predicted molar refractivity (Wildman–Crippen MR) is 128 cm³/mol. The maximum atomic E-state index is 14.1. The molecule has 1 saturated heterocycles. The Morgan fingerprint density at radius 3 is 2.51 bits per heavy atom. The Morgan fingerprint density at radius 1 is 1.05 bits per heavy atom. The molecule has 1 amide bonds. The highest BCUT2D eigenvalue weighted by Gasteiger charge is 2.35. The summed E-state index contributed by atoms with van der Waals surface area (Å²) in [5.74, 6) is -3.78. The summed E-state index contributed by atoms with van der Waals surface area (Å²) in [5, 5.41) is 13.4. The molecule has 7 nitrogen and oxygen atoms in total. The third-order valence-electron chi connectivity index (χ3n) is 6.90. The molecule has 1 aromatic heterocycles. The molecule has 0 radical (unpaired) electrons. The number of nitrogens with zero attached hydrogens (tertiary/aromatic N) is 2. The fraction of sp³-hybridized carbons (Fsp3) is 0.333. The molecule has 2 bridgehead atoms. The van der Waals surface area contributed by atoms with Gasteiger partial charge in [-0.3, -0.25) is 14.9 Å². The molecular weight excluding hydrogens is 487 g/mol. The number of aromatic nitrogens is 1. The zero-order valence-corrected chi connectivity index (χ0v) is 19.9. The Bertz CT molecular complexity index is 1360. The molecular formula is C27H26F3N3O4. The number of carbonyl (C=O) groups is 1. The van der Waals surface area contributed by atoms with Gasteiger partial charge in [0.2, 0.25) is 5.43 Å². The molecule has 0 aliphatic carbocycles. The van der Waals surface area contributed by atoms with E-state index >= 15 is 0 Å². The molecule has 194 valence electrons. The molecule has 3 heterocycles. The topological polar surface area (TPSA) is 83.8 Å². The van der Waals surface area contributed by atoms with Crippen molar-refractivity contribution in [2.24, 2.45) is 0 Å². The van der Waals surface area contributed by atoms with Crippen LogP contribution in [0.15, 0.2) is 53.5 Å². The van der Waals surface area contributed by atoms with Gasteiger partial charge in [-0.25, -0.2) is 13.2 Å². The molecule has 5 rings (SSSR count). The van der Waals surface area contributed by atoms with Gasteiger partial charge < -0.3 is 19.3 Å². The van der Waals surface area contributed by atoms with E-state index in [9.17, 15) is 27.9 Å². The summed E-state index contributed by atoms with van der Waals surface area (Å²) in [6, 6.07) is 10.1. The van der Waals surface area contributed by atoms with Crippen molar-refractivity contribution in [3.63, 3.8) is 0 Å². The number of hydrogen-bond donors (Lipinski definition) is 2. The van der Waals surface area contributed by atoms with Gasteiger partial charge in [-0.2, -0.15) is 0 Å². The molecule has 2 N–H and O–H groups in total. The quantitative estimate of drug-likeness (QED) is 0.470. The third kappa shape index (κ3) is 4.99. The van der Waals surface area contributed by atoms with Crippen molar-refractivity contribution in [1.29, 1.82) is 0 Å². The molecule has 0 spiro atoms. The van der Waals surface area contributed by atoms with E-state index in [0.717, 1.165) is 18.4 Å². The minimum absolute atomic E-state index is 0.0278. The Kier molecular flexibility index (Phi) is 7.03. The lowest BCUT2D eigenvalue weighted by molar-refractivity contribution is 0.0750. The van der Waals surface area contributed by atoms with E-state index in [0.29, 0.717) is 31.6 Å². The zero-order chi connectivity index (χ0) is 26.1. The number of carbonyl (C=O) groups excluding carboxylic acids is 1. The van der Waals surface area contributed by atoms with Crippen LogP contribution in [0.1, 0.15) is 58.7 Å². The zero-order valence-electron chi connectivity index (χ0n) is 19.9. The molecule has 37 heavy (non-hydrogen) atoms. The molecule has 2 aliphatic heterocycles. The summed E-state index contributed by atoms with van der Waals surface area (Å²) in [5.41, 5.74) is -0.379. The van der Waals surface area contributed by atoms with Crippen molar-refractivity contribution in [3.05, 3.63) is 98.7 Å². The summed E-state index contributed by atoms with van der Waals surface area (Å²) in [7, 11) is 0. The standard InChI is InChI=1S/C27H26F3N3O4/c28-17-11-21(29)19(22(30)12-17)13-31-26(35)20-14-33-18-7-4-9-32(10-8-18)27(36)23(33)25(24(20)34)37-15-16-5-2-1-3-6-16/h1-3,5-6,11-12,14,18,26,31,35H,4,7-10,13,15H2. The molecule has 2 aromatic carbocycles. The van der Waals surface area contributed by atoms with Crippen LogP contribution in [0.5, 0.6) is 5.75 Å². The van der Waals surface area contributed by atoms with Crippen LogP contribution < -0.4 is 15.5 Å². The summed E-state index contributed by atoms with van der Waals surface area (Å²) >= 11 is 0. The van der Waals surface area contributed by atoms with Crippen molar-refractivity contribution >= 4 is 5.91 Å². The normalized spacial score (nSPS) is 17.8. The first kappa shape index (κ1) is 25.0. The fourth-order valence-electron chi connectivity index (χ4n) is 4.94.